The Balaban J connectivity index is 1.32. The highest BCUT2D eigenvalue weighted by atomic mass is 32.1. The lowest BCUT2D eigenvalue weighted by atomic mass is 10.1. The van der Waals surface area contributed by atoms with E-state index in [-0.39, 0.29) is 17.9 Å². The summed E-state index contributed by atoms with van der Waals surface area (Å²) in [4.78, 5) is 40.6. The molecule has 0 aliphatic carbocycles. The number of pyridine rings is 1. The van der Waals surface area contributed by atoms with Crippen LogP contribution in [0.3, 0.4) is 0 Å². The Morgan fingerprint density at radius 2 is 2.03 bits per heavy atom. The summed E-state index contributed by atoms with van der Waals surface area (Å²) in [6, 6.07) is 11.7. The van der Waals surface area contributed by atoms with E-state index < -0.39 is 0 Å². The number of H-pyrrole nitrogens is 1. The van der Waals surface area contributed by atoms with E-state index in [1.165, 1.54) is 4.70 Å². The van der Waals surface area contributed by atoms with Crippen LogP contribution >= 0.6 is 11.3 Å². The first kappa shape index (κ1) is 19.9. The third kappa shape index (κ3) is 4.60. The number of nitrogens with one attached hydrogen (secondary N) is 2. The molecule has 3 heterocycles. The van der Waals surface area contributed by atoms with Crippen LogP contribution in [-0.4, -0.2) is 32.4 Å². The number of nitrogens with zero attached hydrogens (tertiary/aromatic N) is 3. The van der Waals surface area contributed by atoms with E-state index in [1.54, 1.807) is 36.7 Å². The lowest BCUT2D eigenvalue weighted by molar-refractivity contribution is -0.120. The number of aryl methyl sites for hydroxylation is 2. The van der Waals surface area contributed by atoms with Gasteiger partial charge in [0.15, 0.2) is 0 Å². The third-order valence-electron chi connectivity index (χ3n) is 4.72. The monoisotopic (exact) mass is 419 g/mol. The Morgan fingerprint density at radius 3 is 2.80 bits per heavy atom. The molecule has 0 saturated carbocycles. The maximum Gasteiger partial charge on any atom is 0.255 e. The number of carbonyl (C=O) groups excluding carboxylic acids is 1. The van der Waals surface area contributed by atoms with Crippen LogP contribution in [0.2, 0.25) is 0 Å². The molecule has 4 aromatic rings. The Kier molecular flexibility index (Phi) is 5.94. The fourth-order valence-corrected chi connectivity index (χ4v) is 4.18. The molecule has 4 rings (SSSR count). The average molecular weight is 420 g/mol. The molecule has 7 nitrogen and oxygen atoms in total. The minimum Gasteiger partial charge on any atom is -0.356 e. The van der Waals surface area contributed by atoms with Gasteiger partial charge < -0.3 is 10.3 Å². The lowest BCUT2D eigenvalue weighted by Gasteiger charge is -2.08. The molecule has 1 aromatic carbocycles. The van der Waals surface area contributed by atoms with Gasteiger partial charge in [-0.05, 0) is 37.6 Å². The topological polar surface area (TPSA) is 101 Å². The number of benzene rings is 1. The Bertz CT molecular complexity index is 1200. The molecule has 30 heavy (non-hydrogen) atoms. The zero-order chi connectivity index (χ0) is 20.9. The van der Waals surface area contributed by atoms with Crippen molar-refractivity contribution in [3.05, 3.63) is 75.4 Å². The first-order chi connectivity index (χ1) is 14.6. The van der Waals surface area contributed by atoms with Crippen molar-refractivity contribution in [1.29, 1.82) is 0 Å². The molecule has 0 radical (unpaired) electrons. The Morgan fingerprint density at radius 1 is 1.17 bits per heavy atom. The molecule has 0 saturated heterocycles. The fraction of sp³-hybridized carbons (Fsp3) is 0.227. The summed E-state index contributed by atoms with van der Waals surface area (Å²) in [5.41, 5.74) is 2.36. The maximum absolute atomic E-state index is 12.5. The van der Waals surface area contributed by atoms with Crippen molar-refractivity contribution >= 4 is 27.5 Å². The van der Waals surface area contributed by atoms with Crippen LogP contribution in [0.1, 0.15) is 22.7 Å². The maximum atomic E-state index is 12.5. The van der Waals surface area contributed by atoms with E-state index >= 15 is 0 Å². The molecule has 0 atom stereocenters. The fourth-order valence-electron chi connectivity index (χ4n) is 3.18. The normalized spacial score (nSPS) is 11.0. The minimum absolute atomic E-state index is 0.00260. The standard InChI is InChI=1S/C22H21N5O2S/c1-14-16(22(29)27-21(25-14)15-6-4-10-23-13-15)12-19(28)24-11-5-9-20-26-17-7-2-3-8-18(17)30-20/h2-4,6-8,10,13H,5,9,11-12H2,1H3,(H,24,28)(H,25,27,29). The number of carbonyl (C=O) groups is 1. The third-order valence-corrected chi connectivity index (χ3v) is 5.82. The van der Waals surface area contributed by atoms with Crippen molar-refractivity contribution in [2.75, 3.05) is 6.54 Å². The zero-order valence-corrected chi connectivity index (χ0v) is 17.3. The zero-order valence-electron chi connectivity index (χ0n) is 16.5. The van der Waals surface area contributed by atoms with E-state index in [1.807, 2.05) is 24.3 Å². The number of para-hydroxylation sites is 1. The van der Waals surface area contributed by atoms with Gasteiger partial charge >= 0.3 is 0 Å². The SMILES string of the molecule is Cc1nc(-c2cccnc2)[nH]c(=O)c1CC(=O)NCCCc1nc2ccccc2s1. The molecule has 0 aliphatic rings. The molecule has 0 spiro atoms. The van der Waals surface area contributed by atoms with Crippen LogP contribution in [-0.2, 0) is 17.6 Å². The van der Waals surface area contributed by atoms with Crippen molar-refractivity contribution < 1.29 is 4.79 Å². The number of rotatable bonds is 7. The number of fused-ring (bicyclic) bond motifs is 1. The van der Waals surface area contributed by atoms with Gasteiger partial charge in [-0.2, -0.15) is 0 Å². The smallest absolute Gasteiger partial charge is 0.255 e. The number of aromatic amines is 1. The molecule has 152 valence electrons. The summed E-state index contributed by atoms with van der Waals surface area (Å²) in [5, 5.41) is 3.95. The number of thiazole rings is 1. The van der Waals surface area contributed by atoms with Crippen LogP contribution in [0.25, 0.3) is 21.6 Å². The van der Waals surface area contributed by atoms with Gasteiger partial charge in [0.25, 0.3) is 5.56 Å². The number of aromatic nitrogens is 4. The van der Waals surface area contributed by atoms with E-state index in [0.29, 0.717) is 23.6 Å². The molecule has 2 N–H and O–H groups in total. The largest absolute Gasteiger partial charge is 0.356 e. The molecule has 0 unspecified atom stereocenters. The highest BCUT2D eigenvalue weighted by molar-refractivity contribution is 7.18. The summed E-state index contributed by atoms with van der Waals surface area (Å²) < 4.78 is 1.17. The molecular formula is C22H21N5O2S. The van der Waals surface area contributed by atoms with Crippen LogP contribution in [0.5, 0.6) is 0 Å². The van der Waals surface area contributed by atoms with Crippen LogP contribution < -0.4 is 10.9 Å². The van der Waals surface area contributed by atoms with E-state index in [0.717, 1.165) is 28.9 Å². The molecule has 0 aliphatic heterocycles. The molecular weight excluding hydrogens is 398 g/mol. The van der Waals surface area contributed by atoms with Gasteiger partial charge in [-0.25, -0.2) is 9.97 Å². The summed E-state index contributed by atoms with van der Waals surface area (Å²) in [5.74, 6) is 0.259. The number of hydrogen-bond donors (Lipinski definition) is 2. The molecule has 1 amide bonds. The van der Waals surface area contributed by atoms with Gasteiger partial charge in [-0.3, -0.25) is 14.6 Å². The van der Waals surface area contributed by atoms with Crippen molar-refractivity contribution in [3.63, 3.8) is 0 Å². The number of hydrogen-bond acceptors (Lipinski definition) is 6. The highest BCUT2D eigenvalue weighted by Crippen LogP contribution is 2.22. The van der Waals surface area contributed by atoms with Gasteiger partial charge in [0.05, 0.1) is 21.6 Å². The second-order valence-corrected chi connectivity index (χ2v) is 8.04. The van der Waals surface area contributed by atoms with Crippen molar-refractivity contribution in [3.8, 4) is 11.4 Å². The van der Waals surface area contributed by atoms with Crippen LogP contribution in [0.4, 0.5) is 0 Å². The summed E-state index contributed by atoms with van der Waals surface area (Å²) >= 11 is 1.68. The molecule has 0 bridgehead atoms. The van der Waals surface area contributed by atoms with E-state index in [9.17, 15) is 9.59 Å². The highest BCUT2D eigenvalue weighted by Gasteiger charge is 2.13. The average Bonchev–Trinajstić information content (AvgIpc) is 3.17. The molecule has 3 aromatic heterocycles. The second kappa shape index (κ2) is 8.96. The van der Waals surface area contributed by atoms with Crippen molar-refractivity contribution in [1.82, 2.24) is 25.3 Å². The Hall–Kier alpha value is -3.39. The molecule has 0 fully saturated rings. The predicted octanol–water partition coefficient (Wildman–Crippen LogP) is 3.04. The van der Waals surface area contributed by atoms with Gasteiger partial charge in [-0.1, -0.05) is 12.1 Å². The van der Waals surface area contributed by atoms with Crippen molar-refractivity contribution in [2.45, 2.75) is 26.2 Å². The van der Waals surface area contributed by atoms with Gasteiger partial charge in [0, 0.05) is 42.2 Å². The summed E-state index contributed by atoms with van der Waals surface area (Å²) in [6.45, 7) is 2.28. The van der Waals surface area contributed by atoms with Gasteiger partial charge in [0.2, 0.25) is 5.91 Å². The van der Waals surface area contributed by atoms with E-state index in [4.69, 9.17) is 0 Å². The van der Waals surface area contributed by atoms with Crippen molar-refractivity contribution in [2.24, 2.45) is 0 Å². The second-order valence-electron chi connectivity index (χ2n) is 6.93. The predicted molar refractivity (Wildman–Crippen MR) is 117 cm³/mol. The van der Waals surface area contributed by atoms with Gasteiger partial charge in [0.1, 0.15) is 5.82 Å². The molecule has 8 heteroatoms. The first-order valence-corrected chi connectivity index (χ1v) is 10.5. The number of amides is 1. The van der Waals surface area contributed by atoms with E-state index in [2.05, 4.69) is 31.3 Å². The summed E-state index contributed by atoms with van der Waals surface area (Å²) in [7, 11) is 0. The summed E-state index contributed by atoms with van der Waals surface area (Å²) in [6.07, 6.45) is 4.89. The minimum atomic E-state index is -0.300. The first-order valence-electron chi connectivity index (χ1n) is 9.71. The Labute approximate surface area is 177 Å². The lowest BCUT2D eigenvalue weighted by Crippen LogP contribution is -2.30. The van der Waals surface area contributed by atoms with Crippen LogP contribution in [0.15, 0.2) is 53.6 Å². The van der Waals surface area contributed by atoms with Gasteiger partial charge in [-0.15, -0.1) is 11.3 Å². The van der Waals surface area contributed by atoms with Crippen LogP contribution in [0, 0.1) is 6.92 Å². The quantitative estimate of drug-likeness (QED) is 0.449.